The molecule has 0 saturated heterocycles. The van der Waals surface area contributed by atoms with Gasteiger partial charge in [-0.05, 0) is 68.7 Å². The molecule has 1 N–H and O–H groups in total. The summed E-state index contributed by atoms with van der Waals surface area (Å²) in [6, 6.07) is 22.2. The van der Waals surface area contributed by atoms with Crippen LogP contribution in [0.2, 0.25) is 0 Å². The van der Waals surface area contributed by atoms with Gasteiger partial charge in [0.2, 0.25) is 5.91 Å². The van der Waals surface area contributed by atoms with Crippen LogP contribution in [0.25, 0.3) is 0 Å². The number of halogens is 1. The molecule has 0 aliphatic carbocycles. The average Bonchev–Trinajstić information content (AvgIpc) is 2.81. The van der Waals surface area contributed by atoms with Gasteiger partial charge < -0.3 is 15.0 Å². The van der Waals surface area contributed by atoms with E-state index in [0.717, 1.165) is 16.7 Å². The number of amides is 2. The standard InChI is InChI=1S/C29H33FN2O3/c1-21-10-8-9-13-23(21)19-32(27(33)20-35-25-16-14-24(30)15-17-25)26(28(34)31-29(2,3)4)18-22-11-6-5-7-12-22/h5-17,26H,18-20H2,1-4H3,(H,31,34)/t26-/m1/s1. The SMILES string of the molecule is Cc1ccccc1CN(C(=O)COc1ccc(F)cc1)[C@H](Cc1ccccc1)C(=O)NC(C)(C)C. The summed E-state index contributed by atoms with van der Waals surface area (Å²) in [4.78, 5) is 28.6. The zero-order valence-corrected chi connectivity index (χ0v) is 20.8. The van der Waals surface area contributed by atoms with Crippen molar-refractivity contribution >= 4 is 11.8 Å². The first-order chi connectivity index (χ1) is 16.6. The van der Waals surface area contributed by atoms with Gasteiger partial charge in [0, 0.05) is 18.5 Å². The van der Waals surface area contributed by atoms with E-state index < -0.39 is 11.6 Å². The van der Waals surface area contributed by atoms with Crippen LogP contribution in [0.1, 0.15) is 37.5 Å². The summed E-state index contributed by atoms with van der Waals surface area (Å²) >= 11 is 0. The fourth-order valence-corrected chi connectivity index (χ4v) is 3.74. The predicted molar refractivity (Wildman–Crippen MR) is 135 cm³/mol. The molecule has 0 heterocycles. The number of aryl methyl sites for hydroxylation is 1. The predicted octanol–water partition coefficient (Wildman–Crippen LogP) is 5.07. The zero-order valence-electron chi connectivity index (χ0n) is 20.8. The van der Waals surface area contributed by atoms with Crippen molar-refractivity contribution in [2.24, 2.45) is 0 Å². The molecule has 0 bridgehead atoms. The maximum Gasteiger partial charge on any atom is 0.261 e. The molecule has 3 aromatic rings. The Hall–Kier alpha value is -3.67. The molecule has 0 unspecified atom stereocenters. The number of carbonyl (C=O) groups excluding carboxylic acids is 2. The van der Waals surface area contributed by atoms with Crippen LogP contribution >= 0.6 is 0 Å². The van der Waals surface area contributed by atoms with E-state index in [0.29, 0.717) is 12.2 Å². The summed E-state index contributed by atoms with van der Waals surface area (Å²) in [6.45, 7) is 7.70. The van der Waals surface area contributed by atoms with Crippen LogP contribution in [0.15, 0.2) is 78.9 Å². The van der Waals surface area contributed by atoms with Crippen molar-refractivity contribution in [1.82, 2.24) is 10.2 Å². The molecular formula is C29H33FN2O3. The molecule has 1 atom stereocenters. The van der Waals surface area contributed by atoms with E-state index in [2.05, 4.69) is 5.32 Å². The lowest BCUT2D eigenvalue weighted by atomic mass is 10.00. The summed E-state index contributed by atoms with van der Waals surface area (Å²) in [5.41, 5.74) is 2.46. The molecule has 0 radical (unpaired) electrons. The molecule has 0 aliphatic heterocycles. The average molecular weight is 477 g/mol. The highest BCUT2D eigenvalue weighted by Crippen LogP contribution is 2.19. The number of hydrogen-bond acceptors (Lipinski definition) is 3. The summed E-state index contributed by atoms with van der Waals surface area (Å²) in [5, 5.41) is 3.04. The van der Waals surface area contributed by atoms with Gasteiger partial charge in [0.05, 0.1) is 0 Å². The Kier molecular flexibility index (Phi) is 8.63. The van der Waals surface area contributed by atoms with Crippen LogP contribution in [-0.2, 0) is 22.6 Å². The highest BCUT2D eigenvalue weighted by Gasteiger charge is 2.32. The third-order valence-corrected chi connectivity index (χ3v) is 5.55. The van der Waals surface area contributed by atoms with Crippen LogP contribution in [0.5, 0.6) is 5.75 Å². The van der Waals surface area contributed by atoms with Gasteiger partial charge in [-0.2, -0.15) is 0 Å². The molecule has 0 saturated carbocycles. The second kappa shape index (κ2) is 11.6. The summed E-state index contributed by atoms with van der Waals surface area (Å²) in [7, 11) is 0. The van der Waals surface area contributed by atoms with Crippen LogP contribution < -0.4 is 10.1 Å². The quantitative estimate of drug-likeness (QED) is 0.469. The molecule has 0 spiro atoms. The molecule has 0 aromatic heterocycles. The Labute approximate surface area is 206 Å². The molecule has 3 aromatic carbocycles. The second-order valence-corrected chi connectivity index (χ2v) is 9.64. The molecule has 184 valence electrons. The molecule has 2 amide bonds. The molecule has 35 heavy (non-hydrogen) atoms. The van der Waals surface area contributed by atoms with E-state index in [1.807, 2.05) is 82.3 Å². The Balaban J connectivity index is 1.93. The number of benzene rings is 3. The van der Waals surface area contributed by atoms with Crippen LogP contribution in [-0.4, -0.2) is 34.9 Å². The molecule has 0 fully saturated rings. The molecule has 0 aliphatic rings. The van der Waals surface area contributed by atoms with Crippen LogP contribution in [0, 0.1) is 12.7 Å². The van der Waals surface area contributed by atoms with Crippen molar-refractivity contribution < 1.29 is 18.7 Å². The van der Waals surface area contributed by atoms with Gasteiger partial charge in [-0.15, -0.1) is 0 Å². The van der Waals surface area contributed by atoms with E-state index >= 15 is 0 Å². The normalized spacial score (nSPS) is 12.0. The van der Waals surface area contributed by atoms with E-state index in [4.69, 9.17) is 4.74 Å². The number of nitrogens with zero attached hydrogens (tertiary/aromatic N) is 1. The number of nitrogens with one attached hydrogen (secondary N) is 1. The second-order valence-electron chi connectivity index (χ2n) is 9.64. The van der Waals surface area contributed by atoms with Crippen molar-refractivity contribution in [2.75, 3.05) is 6.61 Å². The van der Waals surface area contributed by atoms with Gasteiger partial charge in [0.1, 0.15) is 17.6 Å². The fraction of sp³-hybridized carbons (Fsp3) is 0.310. The van der Waals surface area contributed by atoms with Gasteiger partial charge in [0.25, 0.3) is 5.91 Å². The minimum absolute atomic E-state index is 0.231. The Bertz CT molecular complexity index is 1120. The van der Waals surface area contributed by atoms with Crippen molar-refractivity contribution in [3.05, 3.63) is 101 Å². The zero-order chi connectivity index (χ0) is 25.4. The van der Waals surface area contributed by atoms with E-state index in [-0.39, 0.29) is 30.8 Å². The number of ether oxygens (including phenoxy) is 1. The highest BCUT2D eigenvalue weighted by atomic mass is 19.1. The third kappa shape index (κ3) is 7.95. The van der Waals surface area contributed by atoms with Crippen molar-refractivity contribution in [3.8, 4) is 5.75 Å². The maximum absolute atomic E-state index is 13.5. The van der Waals surface area contributed by atoms with Gasteiger partial charge >= 0.3 is 0 Å². The molecule has 6 heteroatoms. The lowest BCUT2D eigenvalue weighted by molar-refractivity contribution is -0.143. The topological polar surface area (TPSA) is 58.6 Å². The highest BCUT2D eigenvalue weighted by molar-refractivity contribution is 5.89. The maximum atomic E-state index is 13.5. The summed E-state index contributed by atoms with van der Waals surface area (Å²) in [5.74, 6) is -0.561. The Morgan fingerprint density at radius 1 is 0.943 bits per heavy atom. The largest absolute Gasteiger partial charge is 0.484 e. The molecule has 5 nitrogen and oxygen atoms in total. The lowest BCUT2D eigenvalue weighted by Gasteiger charge is -2.34. The van der Waals surface area contributed by atoms with Crippen molar-refractivity contribution in [2.45, 2.75) is 52.2 Å². The van der Waals surface area contributed by atoms with Gasteiger partial charge in [-0.1, -0.05) is 54.6 Å². The van der Waals surface area contributed by atoms with Crippen LogP contribution in [0.4, 0.5) is 4.39 Å². The molecule has 3 rings (SSSR count). The van der Waals surface area contributed by atoms with Gasteiger partial charge in [-0.3, -0.25) is 9.59 Å². The van der Waals surface area contributed by atoms with E-state index in [1.54, 1.807) is 4.90 Å². The van der Waals surface area contributed by atoms with Gasteiger partial charge in [0.15, 0.2) is 6.61 Å². The smallest absolute Gasteiger partial charge is 0.261 e. The monoisotopic (exact) mass is 476 g/mol. The Morgan fingerprint density at radius 3 is 2.20 bits per heavy atom. The van der Waals surface area contributed by atoms with E-state index in [9.17, 15) is 14.0 Å². The lowest BCUT2D eigenvalue weighted by Crippen LogP contribution is -2.55. The summed E-state index contributed by atoms with van der Waals surface area (Å²) in [6.07, 6.45) is 0.358. The molecular weight excluding hydrogens is 443 g/mol. The first kappa shape index (κ1) is 25.9. The Morgan fingerprint density at radius 2 is 1.57 bits per heavy atom. The third-order valence-electron chi connectivity index (χ3n) is 5.55. The minimum atomic E-state index is -0.749. The summed E-state index contributed by atoms with van der Waals surface area (Å²) < 4.78 is 18.9. The fourth-order valence-electron chi connectivity index (χ4n) is 3.74. The first-order valence-electron chi connectivity index (χ1n) is 11.7. The van der Waals surface area contributed by atoms with Crippen LogP contribution in [0.3, 0.4) is 0 Å². The van der Waals surface area contributed by atoms with Crippen molar-refractivity contribution in [1.29, 1.82) is 0 Å². The number of hydrogen-bond donors (Lipinski definition) is 1. The number of carbonyl (C=O) groups is 2. The minimum Gasteiger partial charge on any atom is -0.484 e. The van der Waals surface area contributed by atoms with Crippen molar-refractivity contribution in [3.63, 3.8) is 0 Å². The van der Waals surface area contributed by atoms with Gasteiger partial charge in [-0.25, -0.2) is 4.39 Å². The van der Waals surface area contributed by atoms with E-state index in [1.165, 1.54) is 24.3 Å². The number of rotatable bonds is 9. The first-order valence-corrected chi connectivity index (χ1v) is 11.7.